The largest absolute Gasteiger partial charge is 0.457 e. The zero-order valence-electron chi connectivity index (χ0n) is 40.1. The molecule has 2 bridgehead atoms. The second kappa shape index (κ2) is 14.5. The van der Waals surface area contributed by atoms with Crippen LogP contribution in [0.2, 0.25) is 0 Å². The van der Waals surface area contributed by atoms with Crippen LogP contribution in [0.4, 0.5) is 27.1 Å². The number of rotatable bonds is 6. The molecule has 11 rings (SSSR count). The molecule has 0 radical (unpaired) electrons. The minimum absolute atomic E-state index is 0.0162. The van der Waals surface area contributed by atoms with Crippen molar-refractivity contribution in [2.75, 3.05) is 6.67 Å². The molecule has 3 aliphatic heterocycles. The first-order chi connectivity index (χ1) is 30.5. The molecule has 65 heavy (non-hydrogen) atoms. The summed E-state index contributed by atoms with van der Waals surface area (Å²) in [7, 11) is 0. The molecule has 0 unspecified atom stereocenters. The van der Waals surface area contributed by atoms with Crippen molar-refractivity contribution >= 4 is 44.6 Å². The fourth-order valence-electron chi connectivity index (χ4n) is 10.1. The Kier molecular flexibility index (Phi) is 9.53. The predicted molar refractivity (Wildman–Crippen MR) is 270 cm³/mol. The van der Waals surface area contributed by atoms with E-state index < -0.39 is 0 Å². The Bertz CT molecular complexity index is 3160. The van der Waals surface area contributed by atoms with Gasteiger partial charge in [-0.05, 0) is 110 Å². The van der Waals surface area contributed by atoms with Crippen LogP contribution in [0.15, 0.2) is 140 Å². The average Bonchev–Trinajstić information content (AvgIpc) is 3.83. The maximum Gasteiger partial charge on any atom is 0.188 e. The SMILES string of the molecule is CC(C)(C)c1cccc(-c2cccc3c2[N@@+]2(c4cc(C(C)(C)C)cc(C(C)(C)C)c4)[CH-][N@+]3(c3cccc(Oc4ccc5c6ccc(F)cc6n(-c6cc(C(C)(C)C)ccn6)c5c4)c3)C2)c1. The molecule has 330 valence electrons. The third-order valence-electron chi connectivity index (χ3n) is 13.9. The summed E-state index contributed by atoms with van der Waals surface area (Å²) < 4.78 is 25.1. The minimum Gasteiger partial charge on any atom is -0.457 e. The van der Waals surface area contributed by atoms with Crippen molar-refractivity contribution in [3.05, 3.63) is 174 Å². The molecule has 0 aliphatic carbocycles. The lowest BCUT2D eigenvalue weighted by molar-refractivity contribution is 0.187. The molecule has 0 N–H and O–H groups in total. The first-order valence-electron chi connectivity index (χ1n) is 23.1. The molecule has 5 nitrogen and oxygen atoms in total. The van der Waals surface area contributed by atoms with E-state index in [1.54, 1.807) is 6.07 Å². The molecule has 6 heteroatoms. The maximum atomic E-state index is 14.9. The standard InChI is InChI=1S/C59H62FN4O/c1-56(2,3)39-17-13-16-38(28-39)48-20-15-21-53-55(48)64(45-30-41(58(7,8)9)29-42(31-45)59(10,11)12)36-63(53,37-64)44-18-14-19-46(34-44)65-47-23-25-50-49-24-22-43(60)33-51(49)62(52(50)35-47)54-32-40(26-27-61-54)57(4,5)6/h13-36H,37H2,1-12H3/q+1/t63-,64+/m1/s1. The quantitative estimate of drug-likeness (QED) is 0.123. The highest BCUT2D eigenvalue weighted by atomic mass is 19.1. The van der Waals surface area contributed by atoms with Crippen LogP contribution >= 0.6 is 0 Å². The third-order valence-corrected chi connectivity index (χ3v) is 13.9. The van der Waals surface area contributed by atoms with Gasteiger partial charge < -0.3 is 4.74 Å². The van der Waals surface area contributed by atoms with Crippen LogP contribution in [0.25, 0.3) is 38.8 Å². The monoisotopic (exact) mass is 861 g/mol. The van der Waals surface area contributed by atoms with E-state index in [1.807, 2.05) is 24.4 Å². The number of quaternary nitrogens is 2. The molecule has 5 heterocycles. The molecular formula is C59H62FN4O+. The zero-order chi connectivity index (χ0) is 46.1. The Morgan fingerprint density at radius 2 is 1.14 bits per heavy atom. The summed E-state index contributed by atoms with van der Waals surface area (Å²) in [6.07, 6.45) is 1.85. The molecule has 3 aliphatic rings. The zero-order valence-corrected chi connectivity index (χ0v) is 40.1. The molecule has 6 aromatic carbocycles. The van der Waals surface area contributed by atoms with E-state index in [2.05, 4.69) is 197 Å². The van der Waals surface area contributed by atoms with Crippen molar-refractivity contribution in [1.82, 2.24) is 18.5 Å². The third kappa shape index (κ3) is 7.08. The number of pyridine rings is 1. The minimum atomic E-state index is -0.287. The van der Waals surface area contributed by atoms with Crippen LogP contribution in [0.1, 0.15) is 105 Å². The Balaban J connectivity index is 1.10. The van der Waals surface area contributed by atoms with Crippen molar-refractivity contribution in [1.29, 1.82) is 0 Å². The van der Waals surface area contributed by atoms with Gasteiger partial charge in [-0.15, -0.1) is 0 Å². The second-order valence-corrected chi connectivity index (χ2v) is 22.7. The van der Waals surface area contributed by atoms with E-state index in [-0.39, 0.29) is 27.5 Å². The number of hydrogen-bond acceptors (Lipinski definition) is 2. The Hall–Kier alpha value is -6.08. The van der Waals surface area contributed by atoms with Crippen molar-refractivity contribution in [2.45, 2.75) is 105 Å². The lowest BCUT2D eigenvalue weighted by Gasteiger charge is -2.56. The smallest absolute Gasteiger partial charge is 0.188 e. The van der Waals surface area contributed by atoms with Crippen LogP contribution in [-0.4, -0.2) is 16.2 Å². The highest BCUT2D eigenvalue weighted by Gasteiger charge is 2.64. The maximum absolute atomic E-state index is 14.9. The molecule has 0 saturated carbocycles. The summed E-state index contributed by atoms with van der Waals surface area (Å²) in [6.45, 7) is 30.7. The molecule has 8 aromatic rings. The van der Waals surface area contributed by atoms with Crippen molar-refractivity contribution in [3.8, 4) is 28.4 Å². The number of halogens is 1. The van der Waals surface area contributed by atoms with E-state index in [0.717, 1.165) is 51.3 Å². The van der Waals surface area contributed by atoms with Gasteiger partial charge in [0, 0.05) is 52.9 Å². The number of fused-ring (bicyclic) bond motifs is 3. The van der Waals surface area contributed by atoms with E-state index in [9.17, 15) is 4.39 Å². The van der Waals surface area contributed by atoms with Gasteiger partial charge in [0.05, 0.1) is 17.7 Å². The summed E-state index contributed by atoms with van der Waals surface area (Å²) in [5.41, 5.74) is 14.3. The van der Waals surface area contributed by atoms with Crippen LogP contribution in [0.3, 0.4) is 0 Å². The Morgan fingerprint density at radius 3 is 1.82 bits per heavy atom. The number of nitrogens with zero attached hydrogens (tertiary/aromatic N) is 4. The van der Waals surface area contributed by atoms with Crippen molar-refractivity contribution < 1.29 is 9.13 Å². The number of ether oxygens (including phenoxy) is 1. The molecule has 1 saturated heterocycles. The summed E-state index contributed by atoms with van der Waals surface area (Å²) in [4.78, 5) is 4.82. The first kappa shape index (κ1) is 42.8. The van der Waals surface area contributed by atoms with Gasteiger partial charge in [0.1, 0.15) is 34.5 Å². The summed E-state index contributed by atoms with van der Waals surface area (Å²) in [5.74, 6) is 1.90. The molecular weight excluding hydrogens is 800 g/mol. The lowest BCUT2D eigenvalue weighted by atomic mass is 9.80. The number of hydrogen-bond donors (Lipinski definition) is 0. The van der Waals surface area contributed by atoms with Gasteiger partial charge >= 0.3 is 0 Å². The Morgan fingerprint density at radius 1 is 0.538 bits per heavy atom. The molecule has 2 aromatic heterocycles. The first-order valence-corrected chi connectivity index (χ1v) is 23.1. The van der Waals surface area contributed by atoms with E-state index in [0.29, 0.717) is 14.7 Å². The fourth-order valence-corrected chi connectivity index (χ4v) is 10.1. The van der Waals surface area contributed by atoms with E-state index >= 15 is 0 Å². The molecule has 0 spiro atoms. The number of para-hydroxylation sites is 1. The van der Waals surface area contributed by atoms with Gasteiger partial charge in [0.2, 0.25) is 0 Å². The number of aromatic nitrogens is 2. The van der Waals surface area contributed by atoms with Gasteiger partial charge in [0.15, 0.2) is 18.0 Å². The van der Waals surface area contributed by atoms with Crippen LogP contribution in [0.5, 0.6) is 11.5 Å². The summed E-state index contributed by atoms with van der Waals surface area (Å²) in [5, 5.41) is 1.97. The van der Waals surface area contributed by atoms with Crippen molar-refractivity contribution in [2.24, 2.45) is 0 Å². The average molecular weight is 862 g/mol. The highest BCUT2D eigenvalue weighted by Crippen LogP contribution is 2.68. The van der Waals surface area contributed by atoms with Crippen molar-refractivity contribution in [3.63, 3.8) is 0 Å². The second-order valence-electron chi connectivity index (χ2n) is 22.7. The van der Waals surface area contributed by atoms with Gasteiger partial charge in [-0.3, -0.25) is 13.5 Å². The van der Waals surface area contributed by atoms with Crippen LogP contribution in [-0.2, 0) is 21.7 Å². The van der Waals surface area contributed by atoms with E-state index in [4.69, 9.17) is 9.72 Å². The molecule has 2 atom stereocenters. The normalized spacial score (nSPS) is 18.5. The van der Waals surface area contributed by atoms with E-state index in [1.165, 1.54) is 50.9 Å². The molecule has 0 amide bonds. The van der Waals surface area contributed by atoms with Gasteiger partial charge in [-0.25, -0.2) is 9.37 Å². The van der Waals surface area contributed by atoms with Crippen LogP contribution < -0.4 is 13.7 Å². The van der Waals surface area contributed by atoms with Gasteiger partial charge in [-0.1, -0.05) is 126 Å². The van der Waals surface area contributed by atoms with Gasteiger partial charge in [-0.2, -0.15) is 0 Å². The fraction of sp³-hybridized carbons (Fsp3) is 0.288. The Labute approximate surface area is 384 Å². The number of benzene rings is 6. The summed E-state index contributed by atoms with van der Waals surface area (Å²) in [6, 6.07) is 47.3. The highest BCUT2D eigenvalue weighted by molar-refractivity contribution is 6.09. The van der Waals surface area contributed by atoms with Gasteiger partial charge in [0.25, 0.3) is 0 Å². The lowest BCUT2D eigenvalue weighted by Crippen LogP contribution is -2.67. The predicted octanol–water partition coefficient (Wildman–Crippen LogP) is 16.3. The summed E-state index contributed by atoms with van der Waals surface area (Å²) >= 11 is 0. The topological polar surface area (TPSA) is 27.1 Å². The molecule has 1 fully saturated rings. The van der Waals surface area contributed by atoms with Crippen LogP contribution in [0, 0.1) is 12.5 Å².